The highest BCUT2D eigenvalue weighted by atomic mass is 127. The number of guanidine groups is 1. The van der Waals surface area contributed by atoms with Crippen LogP contribution in [0.25, 0.3) is 0 Å². The lowest BCUT2D eigenvalue weighted by atomic mass is 9.90. The number of halogens is 1. The Morgan fingerprint density at radius 1 is 1.06 bits per heavy atom. The Labute approximate surface area is 201 Å². The third-order valence-corrected chi connectivity index (χ3v) is 5.93. The number of para-hydroxylation sites is 1. The Morgan fingerprint density at radius 3 is 2.52 bits per heavy atom. The number of carbonyl (C=O) groups excluding carboxylic acids is 1. The van der Waals surface area contributed by atoms with E-state index in [2.05, 4.69) is 56.2 Å². The molecule has 0 bridgehead atoms. The van der Waals surface area contributed by atoms with E-state index in [1.54, 1.807) is 7.05 Å². The van der Waals surface area contributed by atoms with Crippen LogP contribution in [-0.4, -0.2) is 43.4 Å². The van der Waals surface area contributed by atoms with Gasteiger partial charge in [0.2, 0.25) is 5.91 Å². The molecule has 1 amide bonds. The Kier molecular flexibility index (Phi) is 8.71. The lowest BCUT2D eigenvalue weighted by Gasteiger charge is -2.26. The minimum absolute atomic E-state index is 0. The number of aliphatic imine (C=N–C) groups is 1. The number of amides is 1. The largest absolute Gasteiger partial charge is 0.356 e. The maximum atomic E-state index is 12.0. The predicted octanol–water partition coefficient (Wildman–Crippen LogP) is 3.69. The summed E-state index contributed by atoms with van der Waals surface area (Å²) < 4.78 is 0. The number of fused-ring (bicyclic) bond motifs is 1. The average molecular weight is 533 g/mol. The van der Waals surface area contributed by atoms with E-state index < -0.39 is 0 Å². The van der Waals surface area contributed by atoms with Gasteiger partial charge in [0, 0.05) is 44.7 Å². The highest BCUT2D eigenvalue weighted by molar-refractivity contribution is 14.0. The molecule has 1 fully saturated rings. The Balaban J connectivity index is 0.00000272. The maximum absolute atomic E-state index is 12.0. The van der Waals surface area contributed by atoms with Gasteiger partial charge in [0.05, 0.1) is 0 Å². The molecule has 2 heterocycles. The molecule has 3 N–H and O–H groups in total. The number of nitrogens with zero attached hydrogens (tertiary/aromatic N) is 2. The fourth-order valence-electron chi connectivity index (χ4n) is 4.27. The second-order valence-electron chi connectivity index (χ2n) is 8.14. The Morgan fingerprint density at radius 2 is 1.77 bits per heavy atom. The lowest BCUT2D eigenvalue weighted by Crippen LogP contribution is -2.40. The summed E-state index contributed by atoms with van der Waals surface area (Å²) in [7, 11) is 1.77. The average Bonchev–Trinajstić information content (AvgIpc) is 3.28. The number of anilines is 1. The van der Waals surface area contributed by atoms with Crippen LogP contribution in [0.15, 0.2) is 53.5 Å². The second kappa shape index (κ2) is 11.5. The van der Waals surface area contributed by atoms with Crippen molar-refractivity contribution in [3.8, 4) is 0 Å². The Hall–Kier alpha value is -2.13. The van der Waals surface area contributed by atoms with Crippen molar-refractivity contribution < 1.29 is 4.79 Å². The quantitative estimate of drug-likeness (QED) is 0.301. The van der Waals surface area contributed by atoms with Crippen LogP contribution in [0.5, 0.6) is 0 Å². The van der Waals surface area contributed by atoms with Gasteiger partial charge in [0.15, 0.2) is 5.96 Å². The van der Waals surface area contributed by atoms with Gasteiger partial charge in [0.25, 0.3) is 0 Å². The van der Waals surface area contributed by atoms with Crippen LogP contribution in [0, 0.1) is 0 Å². The third-order valence-electron chi connectivity index (χ3n) is 5.93. The first-order chi connectivity index (χ1) is 14.7. The molecule has 7 heteroatoms. The van der Waals surface area contributed by atoms with Crippen molar-refractivity contribution in [2.75, 3.05) is 32.0 Å². The van der Waals surface area contributed by atoms with Crippen molar-refractivity contribution >= 4 is 41.5 Å². The summed E-state index contributed by atoms with van der Waals surface area (Å²) in [4.78, 5) is 18.9. The van der Waals surface area contributed by atoms with Gasteiger partial charge in [-0.25, -0.2) is 0 Å². The van der Waals surface area contributed by atoms with Crippen LogP contribution in [0.4, 0.5) is 5.69 Å². The third kappa shape index (κ3) is 6.43. The monoisotopic (exact) mass is 533 g/mol. The molecule has 0 radical (unpaired) electrons. The van der Waals surface area contributed by atoms with Crippen molar-refractivity contribution in [1.82, 2.24) is 15.5 Å². The van der Waals surface area contributed by atoms with Gasteiger partial charge in [-0.2, -0.15) is 0 Å². The molecule has 31 heavy (non-hydrogen) atoms. The number of rotatable bonds is 6. The standard InChI is InChI=1S/C24H31N5O.HI/c1-25-24(27-16-20-14-23(30)28-22-7-3-2-6-21(20)22)26-15-18-8-10-19(11-9-18)17-29-12-4-5-13-29;/h2-3,6-11,20H,4-5,12-17H2,1H3,(H,28,30)(H2,25,26,27);1H. The molecule has 4 rings (SSSR count). The maximum Gasteiger partial charge on any atom is 0.225 e. The smallest absolute Gasteiger partial charge is 0.225 e. The zero-order chi connectivity index (χ0) is 20.8. The van der Waals surface area contributed by atoms with Gasteiger partial charge in [-0.3, -0.25) is 14.7 Å². The molecule has 6 nitrogen and oxygen atoms in total. The number of benzene rings is 2. The molecular weight excluding hydrogens is 501 g/mol. The first-order valence-electron chi connectivity index (χ1n) is 10.8. The molecule has 0 spiro atoms. The highest BCUT2D eigenvalue weighted by Gasteiger charge is 2.24. The van der Waals surface area contributed by atoms with Crippen LogP contribution in [0.2, 0.25) is 0 Å². The molecule has 2 aliphatic rings. The molecule has 166 valence electrons. The van der Waals surface area contributed by atoms with Crippen LogP contribution in [0.1, 0.15) is 41.9 Å². The summed E-state index contributed by atoms with van der Waals surface area (Å²) >= 11 is 0. The van der Waals surface area contributed by atoms with E-state index in [-0.39, 0.29) is 35.8 Å². The SMILES string of the molecule is CN=C(NCc1ccc(CN2CCCC2)cc1)NCC1CC(=O)Nc2ccccc21.I. The summed E-state index contributed by atoms with van der Waals surface area (Å²) in [6, 6.07) is 16.8. The Bertz CT molecular complexity index is 893. The summed E-state index contributed by atoms with van der Waals surface area (Å²) in [5.74, 6) is 0.954. The van der Waals surface area contributed by atoms with E-state index in [1.165, 1.54) is 42.6 Å². The minimum atomic E-state index is 0. The summed E-state index contributed by atoms with van der Waals surface area (Å²) in [5, 5.41) is 9.71. The fourth-order valence-corrected chi connectivity index (χ4v) is 4.27. The van der Waals surface area contributed by atoms with Gasteiger partial charge in [0.1, 0.15) is 0 Å². The van der Waals surface area contributed by atoms with Gasteiger partial charge in [-0.1, -0.05) is 42.5 Å². The van der Waals surface area contributed by atoms with Crippen molar-refractivity contribution in [2.24, 2.45) is 4.99 Å². The molecular formula is C24H32IN5O. The van der Waals surface area contributed by atoms with E-state index in [4.69, 9.17) is 0 Å². The van der Waals surface area contributed by atoms with E-state index in [9.17, 15) is 4.79 Å². The van der Waals surface area contributed by atoms with Gasteiger partial charge in [-0.05, 0) is 48.7 Å². The lowest BCUT2D eigenvalue weighted by molar-refractivity contribution is -0.116. The van der Waals surface area contributed by atoms with E-state index in [1.807, 2.05) is 18.2 Å². The van der Waals surface area contributed by atoms with E-state index >= 15 is 0 Å². The van der Waals surface area contributed by atoms with E-state index in [0.29, 0.717) is 19.5 Å². The van der Waals surface area contributed by atoms with Crippen LogP contribution in [-0.2, 0) is 17.9 Å². The molecule has 1 atom stereocenters. The predicted molar refractivity (Wildman–Crippen MR) is 137 cm³/mol. The first kappa shape index (κ1) is 23.5. The zero-order valence-electron chi connectivity index (χ0n) is 18.1. The first-order valence-corrected chi connectivity index (χ1v) is 10.8. The number of nitrogens with one attached hydrogen (secondary N) is 3. The molecule has 1 saturated heterocycles. The normalized spacial score (nSPS) is 18.7. The summed E-state index contributed by atoms with van der Waals surface area (Å²) in [6.45, 7) is 4.87. The number of carbonyl (C=O) groups is 1. The molecule has 2 aliphatic heterocycles. The van der Waals surface area contributed by atoms with Crippen molar-refractivity contribution in [2.45, 2.75) is 38.3 Å². The molecule has 0 aliphatic carbocycles. The number of likely N-dealkylation sites (tertiary alicyclic amines) is 1. The van der Waals surface area contributed by atoms with Gasteiger partial charge < -0.3 is 16.0 Å². The number of hydrogen-bond acceptors (Lipinski definition) is 3. The summed E-state index contributed by atoms with van der Waals surface area (Å²) in [5.41, 5.74) is 4.69. The topological polar surface area (TPSA) is 68.8 Å². The molecule has 1 unspecified atom stereocenters. The van der Waals surface area contributed by atoms with Crippen LogP contribution < -0.4 is 16.0 Å². The van der Waals surface area contributed by atoms with Gasteiger partial charge in [-0.15, -0.1) is 24.0 Å². The van der Waals surface area contributed by atoms with Crippen LogP contribution >= 0.6 is 24.0 Å². The van der Waals surface area contributed by atoms with E-state index in [0.717, 1.165) is 18.2 Å². The molecule has 2 aromatic rings. The molecule has 0 aromatic heterocycles. The van der Waals surface area contributed by atoms with Gasteiger partial charge >= 0.3 is 0 Å². The second-order valence-corrected chi connectivity index (χ2v) is 8.14. The highest BCUT2D eigenvalue weighted by Crippen LogP contribution is 2.31. The van der Waals surface area contributed by atoms with Crippen molar-refractivity contribution in [1.29, 1.82) is 0 Å². The van der Waals surface area contributed by atoms with Crippen molar-refractivity contribution in [3.05, 3.63) is 65.2 Å². The fraction of sp³-hybridized carbons (Fsp3) is 0.417. The molecule has 2 aromatic carbocycles. The molecule has 0 saturated carbocycles. The van der Waals surface area contributed by atoms with Crippen LogP contribution in [0.3, 0.4) is 0 Å². The zero-order valence-corrected chi connectivity index (χ0v) is 20.4. The summed E-state index contributed by atoms with van der Waals surface area (Å²) in [6.07, 6.45) is 3.13. The van der Waals surface area contributed by atoms with Crippen molar-refractivity contribution in [3.63, 3.8) is 0 Å². The minimum Gasteiger partial charge on any atom is -0.356 e. The number of hydrogen-bond donors (Lipinski definition) is 3.